The molecular weight excluding hydrogens is 355 g/mol. The predicted molar refractivity (Wildman–Crippen MR) is 99.4 cm³/mol. The molecule has 2 rings (SSSR count). The van der Waals surface area contributed by atoms with Gasteiger partial charge in [-0.05, 0) is 44.5 Å². The Hall–Kier alpha value is -2.19. The van der Waals surface area contributed by atoms with Gasteiger partial charge in [-0.15, -0.1) is 35.0 Å². The van der Waals surface area contributed by atoms with E-state index in [2.05, 4.69) is 20.7 Å². The number of ether oxygens (including phenoxy) is 2. The van der Waals surface area contributed by atoms with Crippen LogP contribution in [0.2, 0.25) is 0 Å². The van der Waals surface area contributed by atoms with E-state index in [4.69, 9.17) is 15.3 Å². The summed E-state index contributed by atoms with van der Waals surface area (Å²) in [5.41, 5.74) is 3.60. The van der Waals surface area contributed by atoms with Crippen LogP contribution in [0.1, 0.15) is 25.2 Å². The first kappa shape index (κ1) is 21.8. The summed E-state index contributed by atoms with van der Waals surface area (Å²) in [6.07, 6.45) is 1.64. The van der Waals surface area contributed by atoms with E-state index in [0.29, 0.717) is 36.5 Å². The zero-order valence-electron chi connectivity index (χ0n) is 13.7. The van der Waals surface area contributed by atoms with E-state index in [-0.39, 0.29) is 24.8 Å². The smallest absolute Gasteiger partial charge is 0.263 e. The van der Waals surface area contributed by atoms with Crippen LogP contribution in [0.5, 0.6) is 11.5 Å². The average molecular weight is 377 g/mol. The van der Waals surface area contributed by atoms with Gasteiger partial charge in [0.2, 0.25) is 0 Å². The Labute approximate surface area is 153 Å². The molecule has 3 N–H and O–H groups in total. The average Bonchev–Trinajstić information content (AvgIpc) is 2.82. The van der Waals surface area contributed by atoms with Crippen molar-refractivity contribution in [3.63, 3.8) is 0 Å². The minimum Gasteiger partial charge on any atom is -0.490 e. The second kappa shape index (κ2) is 10.6. The lowest BCUT2D eigenvalue weighted by molar-refractivity contribution is 0.288. The first-order valence-corrected chi connectivity index (χ1v) is 7.01. The van der Waals surface area contributed by atoms with Crippen molar-refractivity contribution in [1.29, 1.82) is 0 Å². The van der Waals surface area contributed by atoms with Crippen molar-refractivity contribution in [2.45, 2.75) is 20.8 Å². The monoisotopic (exact) mass is 376 g/mol. The molecule has 8 nitrogen and oxygen atoms in total. The van der Waals surface area contributed by atoms with E-state index in [9.17, 15) is 0 Å². The van der Waals surface area contributed by atoms with Gasteiger partial charge in [-0.2, -0.15) is 5.10 Å². The van der Waals surface area contributed by atoms with Crippen LogP contribution >= 0.6 is 24.8 Å². The van der Waals surface area contributed by atoms with Gasteiger partial charge in [0.05, 0.1) is 19.4 Å². The number of nitrogens with two attached hydrogens (primary N) is 1. The van der Waals surface area contributed by atoms with Gasteiger partial charge < -0.3 is 15.3 Å². The maximum Gasteiger partial charge on any atom is 0.263 e. The van der Waals surface area contributed by atoms with Crippen LogP contribution in [-0.2, 0) is 0 Å². The van der Waals surface area contributed by atoms with Gasteiger partial charge in [-0.3, -0.25) is 0 Å². The van der Waals surface area contributed by atoms with Gasteiger partial charge in [-0.25, -0.2) is 10.1 Å². The third-order valence-corrected chi connectivity index (χ3v) is 2.81. The lowest BCUT2D eigenvalue weighted by Gasteiger charge is -2.11. The molecule has 1 aromatic carbocycles. The number of nitrogens with one attached hydrogen (secondary N) is 1. The number of hydrogen-bond acceptors (Lipinski definition) is 7. The molecule has 134 valence electrons. The highest BCUT2D eigenvalue weighted by Gasteiger charge is 2.06. The maximum absolute atomic E-state index is 5.72. The Bertz CT molecular complexity index is 663. The molecule has 0 fully saturated rings. The molecule has 24 heavy (non-hydrogen) atoms. The number of halogens is 2. The van der Waals surface area contributed by atoms with E-state index in [1.807, 2.05) is 32.0 Å². The number of benzene rings is 1. The van der Waals surface area contributed by atoms with Gasteiger partial charge in [0.1, 0.15) is 0 Å². The number of hydrazone groups is 1. The second-order valence-corrected chi connectivity index (χ2v) is 4.38. The molecule has 0 amide bonds. The van der Waals surface area contributed by atoms with E-state index in [0.717, 1.165) is 5.56 Å². The summed E-state index contributed by atoms with van der Waals surface area (Å²) in [6.45, 7) is 6.76. The Morgan fingerprint density at radius 3 is 2.42 bits per heavy atom. The van der Waals surface area contributed by atoms with Crippen molar-refractivity contribution in [2.24, 2.45) is 5.10 Å². The molecule has 0 radical (unpaired) electrons. The molecule has 0 spiro atoms. The van der Waals surface area contributed by atoms with Gasteiger partial charge in [0.25, 0.3) is 5.95 Å². The van der Waals surface area contributed by atoms with Crippen LogP contribution in [0.15, 0.2) is 23.3 Å². The molecule has 1 heterocycles. The molecule has 0 aliphatic rings. The van der Waals surface area contributed by atoms with Gasteiger partial charge in [0, 0.05) is 0 Å². The van der Waals surface area contributed by atoms with Crippen molar-refractivity contribution < 1.29 is 9.47 Å². The van der Waals surface area contributed by atoms with Gasteiger partial charge in [-0.1, -0.05) is 0 Å². The van der Waals surface area contributed by atoms with Gasteiger partial charge in [0.15, 0.2) is 17.3 Å². The van der Waals surface area contributed by atoms with Gasteiger partial charge >= 0.3 is 0 Å². The number of anilines is 1. The molecule has 2 aromatic rings. The fourth-order valence-electron chi connectivity index (χ4n) is 1.76. The lowest BCUT2D eigenvalue weighted by Crippen LogP contribution is -2.13. The Balaban J connectivity index is 0.00000264. The fourth-order valence-corrected chi connectivity index (χ4v) is 1.76. The first-order valence-electron chi connectivity index (χ1n) is 7.01. The first-order chi connectivity index (χ1) is 10.7. The highest BCUT2D eigenvalue weighted by Crippen LogP contribution is 2.27. The summed E-state index contributed by atoms with van der Waals surface area (Å²) in [5, 5.41) is 11.8. The zero-order valence-corrected chi connectivity index (χ0v) is 15.4. The number of aromatic nitrogens is 3. The molecule has 10 heteroatoms. The molecule has 0 atom stereocenters. The van der Waals surface area contributed by atoms with Crippen LogP contribution in [0.3, 0.4) is 0 Å². The lowest BCUT2D eigenvalue weighted by atomic mass is 10.2. The highest BCUT2D eigenvalue weighted by molar-refractivity contribution is 5.85. The quantitative estimate of drug-likeness (QED) is 0.437. The molecule has 0 saturated heterocycles. The Morgan fingerprint density at radius 1 is 1.17 bits per heavy atom. The molecule has 0 aliphatic heterocycles. The predicted octanol–water partition coefficient (Wildman–Crippen LogP) is 2.39. The molecule has 0 bridgehead atoms. The van der Waals surface area contributed by atoms with E-state index in [1.54, 1.807) is 13.1 Å². The van der Waals surface area contributed by atoms with Crippen molar-refractivity contribution >= 4 is 37.0 Å². The Morgan fingerprint density at radius 2 is 1.83 bits per heavy atom. The highest BCUT2D eigenvalue weighted by atomic mass is 35.5. The van der Waals surface area contributed by atoms with Crippen molar-refractivity contribution in [2.75, 3.05) is 24.5 Å². The SMILES string of the molecule is CCOc1ccc(/C=N/Nc2nnc(C)n2N)cc1OCC.Cl.Cl. The summed E-state index contributed by atoms with van der Waals surface area (Å²) >= 11 is 0. The third kappa shape index (κ3) is 5.47. The summed E-state index contributed by atoms with van der Waals surface area (Å²) in [5.74, 6) is 8.08. The van der Waals surface area contributed by atoms with Crippen molar-refractivity contribution in [1.82, 2.24) is 14.9 Å². The van der Waals surface area contributed by atoms with Crippen molar-refractivity contribution in [3.8, 4) is 11.5 Å². The third-order valence-electron chi connectivity index (χ3n) is 2.81. The number of nitrogens with zero attached hydrogens (tertiary/aromatic N) is 4. The Kier molecular flexibility index (Phi) is 9.60. The van der Waals surface area contributed by atoms with E-state index < -0.39 is 0 Å². The van der Waals surface area contributed by atoms with Crippen LogP contribution < -0.4 is 20.7 Å². The number of hydrogen-bond donors (Lipinski definition) is 2. The van der Waals surface area contributed by atoms with E-state index in [1.165, 1.54) is 4.68 Å². The van der Waals surface area contributed by atoms with Crippen LogP contribution in [0, 0.1) is 6.92 Å². The summed E-state index contributed by atoms with van der Waals surface area (Å²) < 4.78 is 12.4. The minimum absolute atomic E-state index is 0. The van der Waals surface area contributed by atoms with Crippen LogP contribution in [0.4, 0.5) is 5.95 Å². The molecular formula is C14H22Cl2N6O2. The standard InChI is InChI=1S/C14H20N6O2.2ClH/c1-4-21-12-7-6-11(8-13(12)22-5-2)9-16-18-14-19-17-10(3)20(14)15;;/h6-9H,4-5,15H2,1-3H3,(H,18,19);2*1H/b16-9+;;. The fraction of sp³-hybridized carbons (Fsp3) is 0.357. The number of aryl methyl sites for hydroxylation is 1. The second-order valence-electron chi connectivity index (χ2n) is 4.38. The minimum atomic E-state index is 0. The maximum atomic E-state index is 5.72. The molecule has 0 saturated carbocycles. The summed E-state index contributed by atoms with van der Waals surface area (Å²) in [4.78, 5) is 0. The van der Waals surface area contributed by atoms with Crippen LogP contribution in [-0.4, -0.2) is 34.3 Å². The van der Waals surface area contributed by atoms with Crippen LogP contribution in [0.25, 0.3) is 0 Å². The topological polar surface area (TPSA) is 99.6 Å². The van der Waals surface area contributed by atoms with Crippen molar-refractivity contribution in [3.05, 3.63) is 29.6 Å². The zero-order chi connectivity index (χ0) is 15.9. The molecule has 0 unspecified atom stereocenters. The summed E-state index contributed by atoms with van der Waals surface area (Å²) in [6, 6.07) is 5.60. The normalized spacial score (nSPS) is 9.96. The molecule has 0 aliphatic carbocycles. The summed E-state index contributed by atoms with van der Waals surface area (Å²) in [7, 11) is 0. The largest absolute Gasteiger partial charge is 0.490 e. The molecule has 1 aromatic heterocycles. The number of rotatable bonds is 7. The number of nitrogen functional groups attached to an aromatic ring is 1. The van der Waals surface area contributed by atoms with E-state index >= 15 is 0 Å².